The highest BCUT2D eigenvalue weighted by atomic mass is 35.5. The summed E-state index contributed by atoms with van der Waals surface area (Å²) in [6.07, 6.45) is 0. The number of aromatic nitrogens is 6. The molecule has 3 rings (SSSR count). The highest BCUT2D eigenvalue weighted by molar-refractivity contribution is 7.09. The van der Waals surface area contributed by atoms with Gasteiger partial charge in [-0.05, 0) is 29.5 Å². The minimum absolute atomic E-state index is 0.0823. The van der Waals surface area contributed by atoms with E-state index in [-0.39, 0.29) is 6.61 Å². The van der Waals surface area contributed by atoms with Gasteiger partial charge < -0.3 is 10.6 Å². The van der Waals surface area contributed by atoms with Crippen LogP contribution in [0.1, 0.15) is 17.2 Å². The van der Waals surface area contributed by atoms with E-state index in [1.54, 1.807) is 25.1 Å². The molecule has 11 heteroatoms. The average Bonchev–Trinajstić information content (AvgIpc) is 3.12. The third-order valence-corrected chi connectivity index (χ3v) is 3.55. The van der Waals surface area contributed by atoms with E-state index in [1.165, 1.54) is 4.68 Å². The molecule has 2 aromatic heterocycles. The number of nitrogens with two attached hydrogens (primary N) is 1. The van der Waals surface area contributed by atoms with E-state index < -0.39 is 0 Å². The number of halogens is 1. The van der Waals surface area contributed by atoms with Gasteiger partial charge in [0, 0.05) is 22.1 Å². The van der Waals surface area contributed by atoms with Crippen molar-refractivity contribution in [3.05, 3.63) is 46.5 Å². The van der Waals surface area contributed by atoms with Crippen molar-refractivity contribution in [3.63, 3.8) is 0 Å². The topological polar surface area (TPSA) is 117 Å². The lowest BCUT2D eigenvalue weighted by Crippen LogP contribution is -2.17. The zero-order valence-corrected chi connectivity index (χ0v) is 13.5. The first-order chi connectivity index (χ1) is 11.1. The second-order valence-corrected chi connectivity index (χ2v) is 5.61. The minimum atomic E-state index is 0.0823. The molecule has 0 spiro atoms. The largest absolute Gasteiger partial charge is 0.386 e. The molecule has 0 bridgehead atoms. The molecule has 0 atom stereocenters. The number of hydrogen-bond donors (Lipinski definition) is 1. The van der Waals surface area contributed by atoms with Gasteiger partial charge in [-0.2, -0.15) is 14.0 Å². The van der Waals surface area contributed by atoms with Gasteiger partial charge in [-0.3, -0.25) is 0 Å². The summed E-state index contributed by atoms with van der Waals surface area (Å²) in [7, 11) is 0. The number of oxime groups is 1. The fraction of sp³-hybridized carbons (Fsp3) is 0.167. The standard InChI is InChI=1S/C12H11ClN8OS/c1-7-16-19-20-21(7)11(8-3-2-4-9(13)5-8)17-22-6-10-15-12(14)23-18-10/h2-5H,6H2,1H3,(H2,14,15,18)/b17-11+. The first-order valence-electron chi connectivity index (χ1n) is 6.43. The van der Waals surface area contributed by atoms with E-state index in [9.17, 15) is 0 Å². The Kier molecular flexibility index (Phi) is 4.44. The first-order valence-corrected chi connectivity index (χ1v) is 7.58. The Morgan fingerprint density at radius 2 is 2.35 bits per heavy atom. The maximum absolute atomic E-state index is 6.03. The molecular weight excluding hydrogens is 340 g/mol. The summed E-state index contributed by atoms with van der Waals surface area (Å²) in [6.45, 7) is 1.84. The molecule has 2 N–H and O–H groups in total. The normalized spacial score (nSPS) is 11.7. The van der Waals surface area contributed by atoms with Crippen LogP contribution in [0.5, 0.6) is 0 Å². The SMILES string of the molecule is Cc1nnnn1/C(=N/OCc1nsc(N)n1)c1cccc(Cl)c1. The van der Waals surface area contributed by atoms with Gasteiger partial charge in [0.2, 0.25) is 5.84 Å². The summed E-state index contributed by atoms with van der Waals surface area (Å²) in [5, 5.41) is 16.4. The minimum Gasteiger partial charge on any atom is -0.386 e. The molecule has 0 aliphatic rings. The van der Waals surface area contributed by atoms with Crippen LogP contribution in [0.2, 0.25) is 5.02 Å². The van der Waals surface area contributed by atoms with Crippen LogP contribution in [0.4, 0.5) is 5.13 Å². The Bertz CT molecular complexity index is 845. The van der Waals surface area contributed by atoms with E-state index in [1.807, 2.05) is 6.07 Å². The van der Waals surface area contributed by atoms with Gasteiger partial charge >= 0.3 is 0 Å². The van der Waals surface area contributed by atoms with Gasteiger partial charge in [-0.1, -0.05) is 28.9 Å². The Balaban J connectivity index is 1.89. The zero-order chi connectivity index (χ0) is 16.2. The van der Waals surface area contributed by atoms with E-state index in [0.717, 1.165) is 11.5 Å². The molecule has 0 unspecified atom stereocenters. The highest BCUT2D eigenvalue weighted by Gasteiger charge is 2.13. The molecule has 0 radical (unpaired) electrons. The second-order valence-electron chi connectivity index (χ2n) is 4.39. The predicted octanol–water partition coefficient (Wildman–Crippen LogP) is 1.50. The Morgan fingerprint density at radius 1 is 1.48 bits per heavy atom. The fourth-order valence-corrected chi connectivity index (χ4v) is 2.37. The number of nitrogens with zero attached hydrogens (tertiary/aromatic N) is 7. The molecule has 0 saturated heterocycles. The number of nitrogen functional groups attached to an aromatic ring is 1. The summed E-state index contributed by atoms with van der Waals surface area (Å²) in [5.74, 6) is 1.41. The molecule has 0 aliphatic carbocycles. The Labute approximate surface area is 139 Å². The van der Waals surface area contributed by atoms with Crippen LogP contribution in [-0.2, 0) is 11.4 Å². The van der Waals surface area contributed by atoms with Crippen molar-refractivity contribution in [1.29, 1.82) is 0 Å². The molecule has 0 aliphatic heterocycles. The van der Waals surface area contributed by atoms with E-state index in [0.29, 0.717) is 33.2 Å². The Morgan fingerprint density at radius 3 is 3.00 bits per heavy atom. The third-order valence-electron chi connectivity index (χ3n) is 2.74. The molecular formula is C12H11ClN8OS. The van der Waals surface area contributed by atoms with Crippen LogP contribution in [0, 0.1) is 6.92 Å². The number of aryl methyl sites for hydroxylation is 1. The number of tetrazole rings is 1. The smallest absolute Gasteiger partial charge is 0.203 e. The molecule has 0 amide bonds. The number of rotatable bonds is 4. The van der Waals surface area contributed by atoms with Gasteiger partial charge in [0.25, 0.3) is 0 Å². The lowest BCUT2D eigenvalue weighted by atomic mass is 10.2. The maximum Gasteiger partial charge on any atom is 0.203 e. The maximum atomic E-state index is 6.03. The van der Waals surface area contributed by atoms with E-state index in [4.69, 9.17) is 22.2 Å². The van der Waals surface area contributed by atoms with Gasteiger partial charge in [-0.15, -0.1) is 5.10 Å². The predicted molar refractivity (Wildman–Crippen MR) is 85.1 cm³/mol. The monoisotopic (exact) mass is 350 g/mol. The summed E-state index contributed by atoms with van der Waals surface area (Å²) in [4.78, 5) is 9.32. The van der Waals surface area contributed by atoms with Crippen molar-refractivity contribution in [2.75, 3.05) is 5.73 Å². The van der Waals surface area contributed by atoms with E-state index in [2.05, 4.69) is 30.0 Å². The average molecular weight is 351 g/mol. The first kappa shape index (κ1) is 15.3. The molecule has 1 aromatic carbocycles. The third kappa shape index (κ3) is 3.60. The molecule has 2 heterocycles. The molecule has 23 heavy (non-hydrogen) atoms. The molecule has 0 fully saturated rings. The van der Waals surface area contributed by atoms with Gasteiger partial charge in [-0.25, -0.2) is 0 Å². The molecule has 9 nitrogen and oxygen atoms in total. The van der Waals surface area contributed by atoms with Crippen molar-refractivity contribution in [2.24, 2.45) is 5.16 Å². The Hall–Kier alpha value is -2.59. The summed E-state index contributed by atoms with van der Waals surface area (Å²) < 4.78 is 5.48. The summed E-state index contributed by atoms with van der Waals surface area (Å²) >= 11 is 7.13. The molecule has 3 aromatic rings. The van der Waals surface area contributed by atoms with Crippen LogP contribution < -0.4 is 5.73 Å². The van der Waals surface area contributed by atoms with Crippen LogP contribution in [0.15, 0.2) is 29.4 Å². The molecule has 118 valence electrons. The quantitative estimate of drug-likeness (QED) is 0.430. The van der Waals surface area contributed by atoms with Gasteiger partial charge in [0.1, 0.15) is 0 Å². The van der Waals surface area contributed by atoms with Crippen LogP contribution >= 0.6 is 23.1 Å². The van der Waals surface area contributed by atoms with Crippen molar-refractivity contribution in [3.8, 4) is 0 Å². The van der Waals surface area contributed by atoms with Crippen LogP contribution in [-0.4, -0.2) is 35.4 Å². The van der Waals surface area contributed by atoms with Crippen LogP contribution in [0.3, 0.4) is 0 Å². The fourth-order valence-electron chi connectivity index (χ4n) is 1.75. The summed E-state index contributed by atoms with van der Waals surface area (Å²) in [6, 6.07) is 7.13. The van der Waals surface area contributed by atoms with E-state index >= 15 is 0 Å². The van der Waals surface area contributed by atoms with Crippen molar-refractivity contribution in [1.82, 2.24) is 29.6 Å². The highest BCUT2D eigenvalue weighted by Crippen LogP contribution is 2.13. The number of benzene rings is 1. The van der Waals surface area contributed by atoms with Crippen molar-refractivity contribution in [2.45, 2.75) is 13.5 Å². The van der Waals surface area contributed by atoms with Gasteiger partial charge in [0.15, 0.2) is 23.4 Å². The number of hydrogen-bond acceptors (Lipinski definition) is 9. The second kappa shape index (κ2) is 6.67. The van der Waals surface area contributed by atoms with Gasteiger partial charge in [0.05, 0.1) is 0 Å². The molecule has 0 saturated carbocycles. The zero-order valence-electron chi connectivity index (χ0n) is 11.9. The summed E-state index contributed by atoms with van der Waals surface area (Å²) in [5.41, 5.74) is 6.23. The van der Waals surface area contributed by atoms with Crippen molar-refractivity contribution < 1.29 is 4.84 Å². The van der Waals surface area contributed by atoms with Crippen molar-refractivity contribution >= 4 is 34.1 Å². The lowest BCUT2D eigenvalue weighted by Gasteiger charge is -2.07. The lowest BCUT2D eigenvalue weighted by molar-refractivity contribution is 0.124. The van der Waals surface area contributed by atoms with Crippen LogP contribution in [0.25, 0.3) is 0 Å². The number of anilines is 1.